The monoisotopic (exact) mass is 445 g/mol. The van der Waals surface area contributed by atoms with E-state index in [0.717, 1.165) is 19.6 Å². The zero-order valence-corrected chi connectivity index (χ0v) is 17.7. The standard InChI is InChI=1S/C18H24ClN3O6S/c1-26-11-10-20-6-8-21(9-7-20)13-18-16(27-29(24,25)28-18)12-22(17(18)23)15-4-2-14(19)3-5-15/h2-5,16H,6-13H2,1H3/t16?,18-/m1/s1. The number of carbonyl (C=O) groups excluding carboxylic acids is 1. The van der Waals surface area contributed by atoms with Crippen molar-refractivity contribution >= 4 is 33.6 Å². The van der Waals surface area contributed by atoms with Gasteiger partial charge in [-0.05, 0) is 24.3 Å². The van der Waals surface area contributed by atoms with Gasteiger partial charge in [0.25, 0.3) is 5.91 Å². The van der Waals surface area contributed by atoms with Gasteiger partial charge in [-0.2, -0.15) is 8.42 Å². The van der Waals surface area contributed by atoms with Gasteiger partial charge in [0.05, 0.1) is 13.2 Å². The molecule has 0 radical (unpaired) electrons. The number of halogens is 1. The van der Waals surface area contributed by atoms with Gasteiger partial charge in [0.2, 0.25) is 5.60 Å². The molecule has 4 rings (SSSR count). The number of nitrogens with zero attached hydrogens (tertiary/aromatic N) is 3. The molecule has 2 atom stereocenters. The molecule has 1 unspecified atom stereocenters. The lowest BCUT2D eigenvalue weighted by Crippen LogP contribution is -2.57. The molecule has 1 aromatic carbocycles. The summed E-state index contributed by atoms with van der Waals surface area (Å²) in [7, 11) is -2.53. The summed E-state index contributed by atoms with van der Waals surface area (Å²) in [5.41, 5.74) is -0.935. The summed E-state index contributed by atoms with van der Waals surface area (Å²) in [6, 6.07) is 6.81. The van der Waals surface area contributed by atoms with E-state index in [9.17, 15) is 13.2 Å². The third kappa shape index (κ3) is 4.15. The molecule has 1 amide bonds. The van der Waals surface area contributed by atoms with Crippen molar-refractivity contribution in [3.63, 3.8) is 0 Å². The first kappa shape index (κ1) is 21.0. The normalized spacial score (nSPS) is 30.1. The second kappa shape index (κ2) is 8.10. The van der Waals surface area contributed by atoms with Crippen molar-refractivity contribution in [2.24, 2.45) is 0 Å². The SMILES string of the molecule is COCCN1CCN(C[C@@]23OS(=O)(=O)OC2CN(c2ccc(Cl)cc2)C3=O)CC1. The Hall–Kier alpha value is -1.27. The van der Waals surface area contributed by atoms with Crippen LogP contribution in [0, 0.1) is 0 Å². The Balaban J connectivity index is 1.51. The third-order valence-corrected chi connectivity index (χ3v) is 6.86. The molecule has 3 fully saturated rings. The Morgan fingerprint density at radius 2 is 1.83 bits per heavy atom. The topological polar surface area (TPSA) is 88.6 Å². The second-order valence-corrected chi connectivity index (χ2v) is 9.08. The second-order valence-electron chi connectivity index (χ2n) is 7.47. The van der Waals surface area contributed by atoms with E-state index in [0.29, 0.717) is 30.4 Å². The van der Waals surface area contributed by atoms with Crippen molar-refractivity contribution in [2.45, 2.75) is 11.7 Å². The van der Waals surface area contributed by atoms with Crippen LogP contribution in [0.1, 0.15) is 0 Å². The van der Waals surface area contributed by atoms with Crippen LogP contribution in [0.25, 0.3) is 0 Å². The van der Waals surface area contributed by atoms with Crippen LogP contribution in [-0.4, -0.2) is 95.4 Å². The number of hydrogen-bond acceptors (Lipinski definition) is 8. The summed E-state index contributed by atoms with van der Waals surface area (Å²) in [6.45, 7) is 4.81. The molecule has 3 aliphatic heterocycles. The molecule has 3 saturated heterocycles. The van der Waals surface area contributed by atoms with Crippen LogP contribution < -0.4 is 4.90 Å². The predicted molar refractivity (Wildman–Crippen MR) is 106 cm³/mol. The van der Waals surface area contributed by atoms with Gasteiger partial charge in [-0.3, -0.25) is 14.6 Å². The summed E-state index contributed by atoms with van der Waals surface area (Å²) in [5, 5.41) is 0.553. The predicted octanol–water partition coefficient (Wildman–Crippen LogP) is 0.350. The van der Waals surface area contributed by atoms with Crippen LogP contribution in [-0.2, 0) is 28.3 Å². The number of ether oxygens (including phenoxy) is 1. The molecule has 9 nitrogen and oxygen atoms in total. The quantitative estimate of drug-likeness (QED) is 0.619. The maximum Gasteiger partial charge on any atom is 0.401 e. The van der Waals surface area contributed by atoms with Crippen LogP contribution in [0.15, 0.2) is 24.3 Å². The number of hydrogen-bond donors (Lipinski definition) is 0. The van der Waals surface area contributed by atoms with E-state index in [-0.39, 0.29) is 13.1 Å². The minimum Gasteiger partial charge on any atom is -0.383 e. The van der Waals surface area contributed by atoms with Gasteiger partial charge < -0.3 is 9.64 Å². The molecule has 0 bridgehead atoms. The van der Waals surface area contributed by atoms with Gasteiger partial charge in [0.1, 0.15) is 6.10 Å². The lowest BCUT2D eigenvalue weighted by molar-refractivity contribution is -0.133. The Bertz CT molecular complexity index is 859. The number of fused-ring (bicyclic) bond motifs is 1. The number of piperazine rings is 1. The van der Waals surface area contributed by atoms with E-state index in [1.165, 1.54) is 4.90 Å². The minimum atomic E-state index is -4.20. The third-order valence-electron chi connectivity index (χ3n) is 5.63. The average Bonchev–Trinajstić information content (AvgIpc) is 3.09. The van der Waals surface area contributed by atoms with Crippen molar-refractivity contribution in [3.05, 3.63) is 29.3 Å². The molecular formula is C18H24ClN3O6S. The summed E-state index contributed by atoms with van der Waals surface area (Å²) >= 11 is 5.94. The van der Waals surface area contributed by atoms with E-state index in [4.69, 9.17) is 24.7 Å². The molecule has 11 heteroatoms. The Kier molecular flexibility index (Phi) is 5.86. The number of rotatable bonds is 6. The van der Waals surface area contributed by atoms with Gasteiger partial charge in [-0.15, -0.1) is 0 Å². The molecule has 0 aliphatic carbocycles. The zero-order chi connectivity index (χ0) is 20.6. The van der Waals surface area contributed by atoms with E-state index < -0.39 is 28.0 Å². The molecule has 3 heterocycles. The van der Waals surface area contributed by atoms with Crippen molar-refractivity contribution in [2.75, 3.05) is 64.4 Å². The van der Waals surface area contributed by atoms with Crippen molar-refractivity contribution in [1.29, 1.82) is 0 Å². The Labute approximate surface area is 175 Å². The van der Waals surface area contributed by atoms with Crippen molar-refractivity contribution in [3.8, 4) is 0 Å². The number of benzene rings is 1. The fraction of sp³-hybridized carbons (Fsp3) is 0.611. The number of carbonyl (C=O) groups is 1. The van der Waals surface area contributed by atoms with Crippen LogP contribution in [0.5, 0.6) is 0 Å². The van der Waals surface area contributed by atoms with Crippen LogP contribution in [0.4, 0.5) is 5.69 Å². The summed E-state index contributed by atoms with van der Waals surface area (Å²) in [5.74, 6) is -0.410. The van der Waals surface area contributed by atoms with Crippen LogP contribution >= 0.6 is 11.6 Å². The summed E-state index contributed by atoms with van der Waals surface area (Å²) in [4.78, 5) is 19.2. The summed E-state index contributed by atoms with van der Waals surface area (Å²) < 4.78 is 39.6. The number of anilines is 1. The first-order chi connectivity index (χ1) is 13.8. The molecule has 1 aromatic rings. The highest BCUT2D eigenvalue weighted by Gasteiger charge is 2.65. The smallest absolute Gasteiger partial charge is 0.383 e. The molecule has 0 N–H and O–H groups in total. The fourth-order valence-electron chi connectivity index (χ4n) is 4.07. The lowest BCUT2D eigenvalue weighted by atomic mass is 9.98. The highest BCUT2D eigenvalue weighted by molar-refractivity contribution is 7.82. The van der Waals surface area contributed by atoms with E-state index in [1.807, 2.05) is 0 Å². The molecular weight excluding hydrogens is 422 g/mol. The van der Waals surface area contributed by atoms with E-state index in [1.54, 1.807) is 31.4 Å². The van der Waals surface area contributed by atoms with Gasteiger partial charge >= 0.3 is 10.4 Å². The maximum absolute atomic E-state index is 13.3. The number of methoxy groups -OCH3 is 1. The van der Waals surface area contributed by atoms with Crippen molar-refractivity contribution < 1.29 is 26.3 Å². The van der Waals surface area contributed by atoms with Crippen molar-refractivity contribution in [1.82, 2.24) is 9.80 Å². The minimum absolute atomic E-state index is 0.105. The molecule has 29 heavy (non-hydrogen) atoms. The molecule has 0 aromatic heterocycles. The Morgan fingerprint density at radius 1 is 1.17 bits per heavy atom. The molecule has 0 saturated carbocycles. The van der Waals surface area contributed by atoms with E-state index >= 15 is 0 Å². The van der Waals surface area contributed by atoms with E-state index in [2.05, 4.69) is 9.80 Å². The molecule has 0 spiro atoms. The fourth-order valence-corrected chi connectivity index (χ4v) is 5.33. The largest absolute Gasteiger partial charge is 0.401 e. The van der Waals surface area contributed by atoms with Crippen LogP contribution in [0.2, 0.25) is 5.02 Å². The maximum atomic E-state index is 13.3. The average molecular weight is 446 g/mol. The van der Waals surface area contributed by atoms with Gasteiger partial charge in [0.15, 0.2) is 0 Å². The Morgan fingerprint density at radius 3 is 2.48 bits per heavy atom. The van der Waals surface area contributed by atoms with Gasteiger partial charge in [0, 0.05) is 57.1 Å². The van der Waals surface area contributed by atoms with Gasteiger partial charge in [-0.25, -0.2) is 8.37 Å². The highest BCUT2D eigenvalue weighted by atomic mass is 35.5. The molecule has 160 valence electrons. The first-order valence-corrected chi connectivity index (χ1v) is 11.2. The van der Waals surface area contributed by atoms with Gasteiger partial charge in [-0.1, -0.05) is 11.6 Å². The first-order valence-electron chi connectivity index (χ1n) is 9.48. The molecule has 3 aliphatic rings. The zero-order valence-electron chi connectivity index (χ0n) is 16.1. The highest BCUT2D eigenvalue weighted by Crippen LogP contribution is 2.41. The van der Waals surface area contributed by atoms with Crippen LogP contribution in [0.3, 0.4) is 0 Å². The summed E-state index contributed by atoms with van der Waals surface area (Å²) in [6.07, 6.45) is -0.887. The lowest BCUT2D eigenvalue weighted by Gasteiger charge is -2.37. The number of amides is 1.